The first kappa shape index (κ1) is 13.9. The maximum absolute atomic E-state index is 6.05. The Bertz CT molecular complexity index is 465. The number of aromatic nitrogens is 3. The van der Waals surface area contributed by atoms with Gasteiger partial charge in [-0.25, -0.2) is 0 Å². The topological polar surface area (TPSA) is 53.9 Å². The first-order valence-electron chi connectivity index (χ1n) is 7.70. The van der Waals surface area contributed by atoms with Crippen molar-refractivity contribution < 1.29 is 0 Å². The molecule has 2 aliphatic rings. The molecule has 0 spiro atoms. The molecule has 6 heteroatoms. The van der Waals surface area contributed by atoms with Crippen molar-refractivity contribution in [3.63, 3.8) is 0 Å². The van der Waals surface area contributed by atoms with Crippen molar-refractivity contribution in [2.75, 3.05) is 23.3 Å². The van der Waals surface area contributed by atoms with Crippen LogP contribution in [0.4, 0.5) is 11.9 Å². The fourth-order valence-electron chi connectivity index (χ4n) is 3.58. The molecule has 0 bridgehead atoms. The Morgan fingerprint density at radius 3 is 2.80 bits per heavy atom. The SMILES string of the molecule is CCNc1nc(Cl)nc(N2CCCC3CCCCC32)n1. The van der Waals surface area contributed by atoms with Crippen LogP contribution in [0.1, 0.15) is 45.4 Å². The van der Waals surface area contributed by atoms with Crippen molar-refractivity contribution in [1.29, 1.82) is 0 Å². The molecule has 2 atom stereocenters. The van der Waals surface area contributed by atoms with Gasteiger partial charge in [0.05, 0.1) is 0 Å². The molecule has 1 N–H and O–H groups in total. The Labute approximate surface area is 125 Å². The van der Waals surface area contributed by atoms with Crippen molar-refractivity contribution in [3.05, 3.63) is 5.28 Å². The third-order valence-corrected chi connectivity index (χ3v) is 4.60. The summed E-state index contributed by atoms with van der Waals surface area (Å²) in [7, 11) is 0. The fraction of sp³-hybridized carbons (Fsp3) is 0.786. The number of hydrogen-bond donors (Lipinski definition) is 1. The molecule has 3 rings (SSSR count). The number of anilines is 2. The largest absolute Gasteiger partial charge is 0.354 e. The quantitative estimate of drug-likeness (QED) is 0.928. The zero-order valence-corrected chi connectivity index (χ0v) is 12.7. The van der Waals surface area contributed by atoms with Gasteiger partial charge in [0.25, 0.3) is 0 Å². The molecule has 1 aliphatic heterocycles. The molecule has 1 saturated heterocycles. The number of hydrogen-bond acceptors (Lipinski definition) is 5. The van der Waals surface area contributed by atoms with Gasteiger partial charge in [-0.1, -0.05) is 12.8 Å². The molecule has 20 heavy (non-hydrogen) atoms. The predicted octanol–water partition coefficient (Wildman–Crippen LogP) is 3.12. The third kappa shape index (κ3) is 2.82. The molecule has 0 radical (unpaired) electrons. The zero-order chi connectivity index (χ0) is 13.9. The van der Waals surface area contributed by atoms with E-state index in [1.165, 1.54) is 38.5 Å². The van der Waals surface area contributed by atoms with E-state index in [0.717, 1.165) is 25.0 Å². The highest BCUT2D eigenvalue weighted by Gasteiger charge is 2.34. The molecule has 1 aromatic rings. The molecule has 1 aromatic heterocycles. The highest BCUT2D eigenvalue weighted by atomic mass is 35.5. The normalized spacial score (nSPS) is 26.2. The Hall–Kier alpha value is -1.10. The van der Waals surface area contributed by atoms with Gasteiger partial charge in [-0.2, -0.15) is 15.0 Å². The van der Waals surface area contributed by atoms with E-state index in [-0.39, 0.29) is 5.28 Å². The predicted molar refractivity (Wildman–Crippen MR) is 81.3 cm³/mol. The summed E-state index contributed by atoms with van der Waals surface area (Å²) in [4.78, 5) is 15.4. The number of fused-ring (bicyclic) bond motifs is 1. The average Bonchev–Trinajstić information content (AvgIpc) is 2.46. The van der Waals surface area contributed by atoms with Crippen molar-refractivity contribution in [1.82, 2.24) is 15.0 Å². The summed E-state index contributed by atoms with van der Waals surface area (Å²) in [6.45, 7) is 3.84. The van der Waals surface area contributed by atoms with E-state index in [1.54, 1.807) is 0 Å². The van der Waals surface area contributed by atoms with Crippen LogP contribution in [-0.4, -0.2) is 34.1 Å². The molecule has 2 fully saturated rings. The van der Waals surface area contributed by atoms with E-state index in [9.17, 15) is 0 Å². The fourth-order valence-corrected chi connectivity index (χ4v) is 3.73. The molecular weight excluding hydrogens is 274 g/mol. The maximum Gasteiger partial charge on any atom is 0.231 e. The molecule has 0 amide bonds. The molecule has 1 saturated carbocycles. The smallest absolute Gasteiger partial charge is 0.231 e. The highest BCUT2D eigenvalue weighted by Crippen LogP contribution is 2.36. The van der Waals surface area contributed by atoms with Gasteiger partial charge in [0.15, 0.2) is 0 Å². The number of nitrogens with one attached hydrogen (secondary N) is 1. The lowest BCUT2D eigenvalue weighted by Crippen LogP contribution is -2.47. The number of nitrogens with zero attached hydrogens (tertiary/aromatic N) is 4. The molecule has 1 aliphatic carbocycles. The van der Waals surface area contributed by atoms with Crippen LogP contribution in [0, 0.1) is 5.92 Å². The van der Waals surface area contributed by atoms with Crippen molar-refractivity contribution >= 4 is 23.5 Å². The van der Waals surface area contributed by atoms with Gasteiger partial charge < -0.3 is 10.2 Å². The van der Waals surface area contributed by atoms with Gasteiger partial charge in [0, 0.05) is 19.1 Å². The van der Waals surface area contributed by atoms with Gasteiger partial charge in [0.2, 0.25) is 17.2 Å². The number of rotatable bonds is 3. The minimum Gasteiger partial charge on any atom is -0.354 e. The van der Waals surface area contributed by atoms with Crippen LogP contribution in [0.3, 0.4) is 0 Å². The van der Waals surface area contributed by atoms with Gasteiger partial charge in [-0.3, -0.25) is 0 Å². The summed E-state index contributed by atoms with van der Waals surface area (Å²) in [5.74, 6) is 2.13. The Morgan fingerprint density at radius 1 is 1.15 bits per heavy atom. The van der Waals surface area contributed by atoms with E-state index >= 15 is 0 Å². The summed E-state index contributed by atoms with van der Waals surface area (Å²) in [5.41, 5.74) is 0. The average molecular weight is 296 g/mol. The Morgan fingerprint density at radius 2 is 1.95 bits per heavy atom. The van der Waals surface area contributed by atoms with Gasteiger partial charge >= 0.3 is 0 Å². The lowest BCUT2D eigenvalue weighted by atomic mass is 9.78. The first-order valence-corrected chi connectivity index (χ1v) is 8.08. The molecule has 2 unspecified atom stereocenters. The Balaban J connectivity index is 1.86. The van der Waals surface area contributed by atoms with E-state index in [0.29, 0.717) is 12.0 Å². The lowest BCUT2D eigenvalue weighted by molar-refractivity contribution is 0.241. The second kappa shape index (κ2) is 6.12. The lowest BCUT2D eigenvalue weighted by Gasteiger charge is -2.44. The van der Waals surface area contributed by atoms with Crippen LogP contribution in [0.5, 0.6) is 0 Å². The summed E-state index contributed by atoms with van der Waals surface area (Å²) < 4.78 is 0. The number of halogens is 1. The highest BCUT2D eigenvalue weighted by molar-refractivity contribution is 6.28. The monoisotopic (exact) mass is 295 g/mol. The van der Waals surface area contributed by atoms with E-state index in [2.05, 4.69) is 25.2 Å². The van der Waals surface area contributed by atoms with Crippen molar-refractivity contribution in [2.45, 2.75) is 51.5 Å². The third-order valence-electron chi connectivity index (χ3n) is 4.43. The summed E-state index contributed by atoms with van der Waals surface area (Å²) in [6, 6.07) is 0.588. The Kier molecular flexibility index (Phi) is 4.24. The molecule has 5 nitrogen and oxygen atoms in total. The van der Waals surface area contributed by atoms with E-state index in [1.807, 2.05) is 6.92 Å². The van der Waals surface area contributed by atoms with Crippen molar-refractivity contribution in [3.8, 4) is 0 Å². The summed E-state index contributed by atoms with van der Waals surface area (Å²) >= 11 is 6.05. The van der Waals surface area contributed by atoms with Crippen LogP contribution in [0.2, 0.25) is 5.28 Å². The zero-order valence-electron chi connectivity index (χ0n) is 12.0. The van der Waals surface area contributed by atoms with Crippen LogP contribution < -0.4 is 10.2 Å². The van der Waals surface area contributed by atoms with Crippen LogP contribution in [0.15, 0.2) is 0 Å². The van der Waals surface area contributed by atoms with E-state index in [4.69, 9.17) is 11.6 Å². The minimum atomic E-state index is 0.281. The van der Waals surface area contributed by atoms with E-state index < -0.39 is 0 Å². The van der Waals surface area contributed by atoms with Gasteiger partial charge in [-0.15, -0.1) is 0 Å². The van der Waals surface area contributed by atoms with Crippen LogP contribution >= 0.6 is 11.6 Å². The molecule has 0 aromatic carbocycles. The van der Waals surface area contributed by atoms with Crippen molar-refractivity contribution in [2.24, 2.45) is 5.92 Å². The second-order valence-corrected chi connectivity index (χ2v) is 6.04. The molecular formula is C14H22ClN5. The maximum atomic E-state index is 6.05. The summed E-state index contributed by atoms with van der Waals surface area (Å²) in [6.07, 6.45) is 7.86. The summed E-state index contributed by atoms with van der Waals surface area (Å²) in [5, 5.41) is 3.41. The number of piperidine rings is 1. The van der Waals surface area contributed by atoms with Crippen LogP contribution in [0.25, 0.3) is 0 Å². The first-order chi connectivity index (χ1) is 9.78. The van der Waals surface area contributed by atoms with Gasteiger partial charge in [0.1, 0.15) is 0 Å². The standard InChI is InChI=1S/C14H22ClN5/c1-2-16-13-17-12(15)18-14(19-13)20-9-5-7-10-6-3-4-8-11(10)20/h10-11H,2-9H2,1H3,(H,16,17,18,19). The van der Waals surface area contributed by atoms with Crippen LogP contribution in [-0.2, 0) is 0 Å². The molecule has 110 valence electrons. The minimum absolute atomic E-state index is 0.281. The molecule has 2 heterocycles. The van der Waals surface area contributed by atoms with Gasteiger partial charge in [-0.05, 0) is 50.1 Å². The second-order valence-electron chi connectivity index (χ2n) is 5.71.